The third-order valence-corrected chi connectivity index (χ3v) is 3.93. The topological polar surface area (TPSA) is 40.5 Å². The van der Waals surface area contributed by atoms with Crippen LogP contribution in [-0.4, -0.2) is 10.2 Å². The van der Waals surface area contributed by atoms with Crippen LogP contribution in [0.4, 0.5) is 0 Å². The first-order chi connectivity index (χ1) is 10.0. The lowest BCUT2D eigenvalue weighted by Crippen LogP contribution is -2.22. The predicted molar refractivity (Wildman–Crippen MR) is 92.6 cm³/mol. The Kier molecular flexibility index (Phi) is 3.99. The summed E-state index contributed by atoms with van der Waals surface area (Å²) in [6.07, 6.45) is 0. The summed E-state index contributed by atoms with van der Waals surface area (Å²) in [6, 6.07) is 11.1. The summed E-state index contributed by atoms with van der Waals surface area (Å²) in [5.74, 6) is 0.447. The maximum atomic E-state index is 10.9. The van der Waals surface area contributed by atoms with Crippen LogP contribution >= 0.6 is 0 Å². The summed E-state index contributed by atoms with van der Waals surface area (Å²) >= 11 is 0. The number of aromatic hydroxyl groups is 2. The molecule has 2 N–H and O–H groups in total. The second-order valence-electron chi connectivity index (χ2n) is 7.90. The number of benzene rings is 2. The first-order valence-corrected chi connectivity index (χ1v) is 7.69. The Labute approximate surface area is 133 Å². The van der Waals surface area contributed by atoms with Gasteiger partial charge in [-0.25, -0.2) is 0 Å². The van der Waals surface area contributed by atoms with Crippen molar-refractivity contribution in [3.63, 3.8) is 0 Å². The van der Waals surface area contributed by atoms with Crippen molar-refractivity contribution in [3.8, 4) is 22.6 Å². The van der Waals surface area contributed by atoms with Crippen molar-refractivity contribution in [1.82, 2.24) is 0 Å². The normalized spacial score (nSPS) is 12.5. The largest absolute Gasteiger partial charge is 0.507 e. The Morgan fingerprint density at radius 3 is 1.77 bits per heavy atom. The SMILES string of the molecule is CC(C)(C)c1ccc(-c2ccccc2O)c(O)c1C(C)(C)C. The second-order valence-corrected chi connectivity index (χ2v) is 7.90. The Bertz CT molecular complexity index is 686. The molecule has 0 aromatic heterocycles. The Morgan fingerprint density at radius 1 is 0.682 bits per heavy atom. The van der Waals surface area contributed by atoms with E-state index in [4.69, 9.17) is 0 Å². The smallest absolute Gasteiger partial charge is 0.127 e. The fraction of sp³-hybridized carbons (Fsp3) is 0.400. The zero-order valence-electron chi connectivity index (χ0n) is 14.4. The van der Waals surface area contributed by atoms with Gasteiger partial charge in [-0.2, -0.15) is 0 Å². The van der Waals surface area contributed by atoms with Gasteiger partial charge in [0.15, 0.2) is 0 Å². The molecule has 2 nitrogen and oxygen atoms in total. The summed E-state index contributed by atoms with van der Waals surface area (Å²) in [5, 5.41) is 21.0. The highest BCUT2D eigenvalue weighted by Crippen LogP contribution is 2.45. The van der Waals surface area contributed by atoms with Gasteiger partial charge < -0.3 is 10.2 Å². The summed E-state index contributed by atoms with van der Waals surface area (Å²) in [4.78, 5) is 0. The molecule has 2 heteroatoms. The molecule has 0 aliphatic heterocycles. The number of phenolic OH excluding ortho intramolecular Hbond substituents is 2. The molecule has 0 aliphatic rings. The van der Waals surface area contributed by atoms with E-state index in [1.165, 1.54) is 0 Å². The predicted octanol–water partition coefficient (Wildman–Crippen LogP) is 5.36. The molecule has 0 unspecified atom stereocenters. The molecule has 0 amide bonds. The van der Waals surface area contributed by atoms with Crippen LogP contribution in [-0.2, 0) is 10.8 Å². The van der Waals surface area contributed by atoms with Crippen molar-refractivity contribution in [2.75, 3.05) is 0 Å². The molecule has 0 fully saturated rings. The second kappa shape index (κ2) is 5.35. The van der Waals surface area contributed by atoms with Crippen molar-refractivity contribution < 1.29 is 10.2 Å². The van der Waals surface area contributed by atoms with E-state index in [0.717, 1.165) is 11.1 Å². The van der Waals surface area contributed by atoms with Gasteiger partial charge in [-0.3, -0.25) is 0 Å². The highest BCUT2D eigenvalue weighted by molar-refractivity contribution is 5.78. The molecule has 0 saturated carbocycles. The minimum Gasteiger partial charge on any atom is -0.507 e. The highest BCUT2D eigenvalue weighted by atomic mass is 16.3. The molecule has 0 heterocycles. The molecule has 0 bridgehead atoms. The molecular weight excluding hydrogens is 272 g/mol. The van der Waals surface area contributed by atoms with Crippen LogP contribution in [0, 0.1) is 0 Å². The standard InChI is InChI=1S/C20H26O2/c1-19(2,3)15-12-11-14(13-9-7-8-10-16(13)21)18(22)17(15)20(4,5)6/h7-12,21-22H,1-6H3. The number of hydrogen-bond acceptors (Lipinski definition) is 2. The summed E-state index contributed by atoms with van der Waals surface area (Å²) in [7, 11) is 0. The quantitative estimate of drug-likeness (QED) is 0.744. The third-order valence-electron chi connectivity index (χ3n) is 3.93. The van der Waals surface area contributed by atoms with Crippen molar-refractivity contribution >= 4 is 0 Å². The van der Waals surface area contributed by atoms with Gasteiger partial charge in [0.25, 0.3) is 0 Å². The van der Waals surface area contributed by atoms with Crippen LogP contribution < -0.4 is 0 Å². The van der Waals surface area contributed by atoms with Crippen LogP contribution in [0.15, 0.2) is 36.4 Å². The minimum atomic E-state index is -0.187. The minimum absolute atomic E-state index is 0.0582. The van der Waals surface area contributed by atoms with Crippen molar-refractivity contribution in [3.05, 3.63) is 47.5 Å². The van der Waals surface area contributed by atoms with E-state index in [-0.39, 0.29) is 22.3 Å². The Hall–Kier alpha value is -1.96. The lowest BCUT2D eigenvalue weighted by molar-refractivity contribution is 0.436. The molecule has 2 aromatic carbocycles. The molecular formula is C20H26O2. The van der Waals surface area contributed by atoms with Gasteiger partial charge in [0.05, 0.1) is 0 Å². The van der Waals surface area contributed by atoms with Crippen molar-refractivity contribution in [2.24, 2.45) is 0 Å². The first kappa shape index (κ1) is 16.4. The van der Waals surface area contributed by atoms with Crippen LogP contribution in [0.2, 0.25) is 0 Å². The van der Waals surface area contributed by atoms with Gasteiger partial charge in [-0.15, -0.1) is 0 Å². The average molecular weight is 298 g/mol. The molecule has 2 rings (SSSR count). The number of para-hydroxylation sites is 1. The van der Waals surface area contributed by atoms with E-state index in [1.807, 2.05) is 18.2 Å². The lowest BCUT2D eigenvalue weighted by Gasteiger charge is -2.31. The van der Waals surface area contributed by atoms with Gasteiger partial charge in [-0.1, -0.05) is 71.9 Å². The summed E-state index contributed by atoms with van der Waals surface area (Å²) < 4.78 is 0. The average Bonchev–Trinajstić information content (AvgIpc) is 2.37. The van der Waals surface area contributed by atoms with E-state index in [2.05, 4.69) is 47.6 Å². The van der Waals surface area contributed by atoms with E-state index < -0.39 is 0 Å². The monoisotopic (exact) mass is 298 g/mol. The van der Waals surface area contributed by atoms with E-state index in [1.54, 1.807) is 12.1 Å². The third kappa shape index (κ3) is 2.96. The molecule has 0 atom stereocenters. The van der Waals surface area contributed by atoms with E-state index >= 15 is 0 Å². The maximum absolute atomic E-state index is 10.9. The van der Waals surface area contributed by atoms with Gasteiger partial charge in [-0.05, 0) is 22.5 Å². The van der Waals surface area contributed by atoms with Crippen LogP contribution in [0.25, 0.3) is 11.1 Å². The van der Waals surface area contributed by atoms with Gasteiger partial charge in [0.2, 0.25) is 0 Å². The number of rotatable bonds is 1. The van der Waals surface area contributed by atoms with Gasteiger partial charge >= 0.3 is 0 Å². The fourth-order valence-corrected chi connectivity index (χ4v) is 2.89. The van der Waals surface area contributed by atoms with E-state index in [0.29, 0.717) is 11.1 Å². The van der Waals surface area contributed by atoms with Crippen molar-refractivity contribution in [2.45, 2.75) is 52.4 Å². The first-order valence-electron chi connectivity index (χ1n) is 7.69. The molecule has 0 spiro atoms. The zero-order chi connectivity index (χ0) is 16.7. The van der Waals surface area contributed by atoms with Crippen LogP contribution in [0.1, 0.15) is 52.7 Å². The molecule has 0 radical (unpaired) electrons. The van der Waals surface area contributed by atoms with Crippen LogP contribution in [0.3, 0.4) is 0 Å². The number of phenols is 2. The highest BCUT2D eigenvalue weighted by Gasteiger charge is 2.29. The van der Waals surface area contributed by atoms with Gasteiger partial charge in [0, 0.05) is 16.7 Å². The summed E-state index contributed by atoms with van der Waals surface area (Å²) in [5.41, 5.74) is 3.17. The summed E-state index contributed by atoms with van der Waals surface area (Å²) in [6.45, 7) is 12.8. The molecule has 0 aliphatic carbocycles. The Balaban J connectivity index is 2.80. The molecule has 0 saturated heterocycles. The molecule has 22 heavy (non-hydrogen) atoms. The fourth-order valence-electron chi connectivity index (χ4n) is 2.89. The zero-order valence-corrected chi connectivity index (χ0v) is 14.4. The molecule has 118 valence electrons. The van der Waals surface area contributed by atoms with Gasteiger partial charge in [0.1, 0.15) is 11.5 Å². The molecule has 2 aromatic rings. The number of hydrogen-bond donors (Lipinski definition) is 2. The van der Waals surface area contributed by atoms with E-state index in [9.17, 15) is 10.2 Å². The van der Waals surface area contributed by atoms with Crippen LogP contribution in [0.5, 0.6) is 11.5 Å². The lowest BCUT2D eigenvalue weighted by atomic mass is 9.73. The maximum Gasteiger partial charge on any atom is 0.127 e. The Morgan fingerprint density at radius 2 is 1.27 bits per heavy atom. The van der Waals surface area contributed by atoms with Crippen molar-refractivity contribution in [1.29, 1.82) is 0 Å².